The molecule has 1 aliphatic rings. The Balaban J connectivity index is 2.04. The van der Waals surface area contributed by atoms with Crippen molar-refractivity contribution < 1.29 is 9.50 Å². The maximum Gasteiger partial charge on any atom is 0.129 e. The summed E-state index contributed by atoms with van der Waals surface area (Å²) in [6.07, 6.45) is 2.12. The summed E-state index contributed by atoms with van der Waals surface area (Å²) in [7, 11) is 2.12. The first-order chi connectivity index (χ1) is 9.60. The number of piperidine rings is 1. The van der Waals surface area contributed by atoms with E-state index < -0.39 is 0 Å². The fraction of sp³-hybridized carbons (Fsp3) is 0.600. The van der Waals surface area contributed by atoms with Crippen molar-refractivity contribution in [3.05, 3.63) is 34.6 Å². The minimum absolute atomic E-state index is 0.0988. The highest BCUT2D eigenvalue weighted by Gasteiger charge is 2.23. The summed E-state index contributed by atoms with van der Waals surface area (Å²) in [6.45, 7) is 3.31. The first-order valence-corrected chi connectivity index (χ1v) is 7.45. The van der Waals surface area contributed by atoms with Crippen LogP contribution in [0.3, 0.4) is 0 Å². The molecule has 1 fully saturated rings. The normalized spacial score (nSPS) is 17.9. The summed E-state index contributed by atoms with van der Waals surface area (Å²) in [6, 6.07) is 5.21. The molecule has 0 aliphatic carbocycles. The summed E-state index contributed by atoms with van der Waals surface area (Å²) in [5, 5.41) is 9.66. The van der Waals surface area contributed by atoms with Crippen molar-refractivity contribution in [1.29, 1.82) is 0 Å². The minimum atomic E-state index is -0.270. The Morgan fingerprint density at radius 1 is 1.40 bits per heavy atom. The van der Waals surface area contributed by atoms with Crippen LogP contribution in [0.5, 0.6) is 0 Å². The highest BCUT2D eigenvalue weighted by atomic mass is 35.5. The Labute approximate surface area is 124 Å². The molecule has 0 spiro atoms. The number of benzene rings is 1. The van der Waals surface area contributed by atoms with Gasteiger partial charge in [0.15, 0.2) is 0 Å². The van der Waals surface area contributed by atoms with Gasteiger partial charge < -0.3 is 10.0 Å². The van der Waals surface area contributed by atoms with Gasteiger partial charge in [0.25, 0.3) is 0 Å². The molecule has 0 aromatic heterocycles. The van der Waals surface area contributed by atoms with Gasteiger partial charge in [-0.1, -0.05) is 17.7 Å². The zero-order valence-corrected chi connectivity index (χ0v) is 12.6. The highest BCUT2D eigenvalue weighted by molar-refractivity contribution is 6.30. The van der Waals surface area contributed by atoms with Crippen molar-refractivity contribution in [2.24, 2.45) is 0 Å². The quantitative estimate of drug-likeness (QED) is 0.904. The summed E-state index contributed by atoms with van der Waals surface area (Å²) in [4.78, 5) is 4.48. The lowest BCUT2D eigenvalue weighted by atomic mass is 10.0. The molecular weight excluding hydrogens is 279 g/mol. The molecule has 20 heavy (non-hydrogen) atoms. The predicted octanol–water partition coefficient (Wildman–Crippen LogP) is 2.37. The number of rotatable bonds is 5. The average molecular weight is 301 g/mol. The molecule has 112 valence electrons. The topological polar surface area (TPSA) is 26.7 Å². The molecule has 5 heteroatoms. The number of aliphatic hydroxyl groups excluding tert-OH is 1. The van der Waals surface area contributed by atoms with Gasteiger partial charge in [-0.3, -0.25) is 4.90 Å². The van der Waals surface area contributed by atoms with Gasteiger partial charge in [-0.25, -0.2) is 4.39 Å². The van der Waals surface area contributed by atoms with Crippen molar-refractivity contribution in [2.45, 2.75) is 25.4 Å². The molecule has 0 amide bonds. The van der Waals surface area contributed by atoms with E-state index in [2.05, 4.69) is 16.8 Å². The largest absolute Gasteiger partial charge is 0.395 e. The lowest BCUT2D eigenvalue weighted by Gasteiger charge is -2.37. The van der Waals surface area contributed by atoms with E-state index >= 15 is 0 Å². The van der Waals surface area contributed by atoms with E-state index in [1.54, 1.807) is 12.1 Å². The van der Waals surface area contributed by atoms with Gasteiger partial charge in [0.05, 0.1) is 6.61 Å². The van der Waals surface area contributed by atoms with Crippen molar-refractivity contribution in [2.75, 3.05) is 33.3 Å². The number of nitrogens with zero attached hydrogens (tertiary/aromatic N) is 2. The maximum atomic E-state index is 13.9. The lowest BCUT2D eigenvalue weighted by molar-refractivity contribution is 0.0932. The molecule has 1 aromatic carbocycles. The van der Waals surface area contributed by atoms with E-state index in [1.807, 2.05) is 0 Å². The second-order valence-corrected chi connectivity index (χ2v) is 5.90. The molecular formula is C15H22ClFN2O. The number of hydrogen-bond donors (Lipinski definition) is 1. The molecule has 1 aliphatic heterocycles. The van der Waals surface area contributed by atoms with Crippen LogP contribution in [0.1, 0.15) is 18.4 Å². The van der Waals surface area contributed by atoms with Crippen LogP contribution < -0.4 is 0 Å². The van der Waals surface area contributed by atoms with E-state index in [-0.39, 0.29) is 12.4 Å². The summed E-state index contributed by atoms with van der Waals surface area (Å²) < 4.78 is 13.9. The van der Waals surface area contributed by atoms with Crippen LogP contribution in [0.15, 0.2) is 18.2 Å². The zero-order chi connectivity index (χ0) is 14.5. The molecule has 0 unspecified atom stereocenters. The van der Waals surface area contributed by atoms with E-state index in [0.29, 0.717) is 29.7 Å². The average Bonchev–Trinajstić information content (AvgIpc) is 2.42. The van der Waals surface area contributed by atoms with Crippen LogP contribution in [0.25, 0.3) is 0 Å². The molecule has 0 radical (unpaired) electrons. The Kier molecular flexibility index (Phi) is 5.78. The minimum Gasteiger partial charge on any atom is -0.395 e. The Morgan fingerprint density at radius 3 is 2.70 bits per heavy atom. The van der Waals surface area contributed by atoms with E-state index in [9.17, 15) is 9.50 Å². The Bertz CT molecular complexity index is 436. The van der Waals surface area contributed by atoms with Crippen molar-refractivity contribution in [1.82, 2.24) is 9.80 Å². The van der Waals surface area contributed by atoms with Crippen LogP contribution in [0.4, 0.5) is 4.39 Å². The third kappa shape index (κ3) is 4.16. The van der Waals surface area contributed by atoms with Crippen LogP contribution in [-0.4, -0.2) is 54.2 Å². The molecule has 1 aromatic rings. The first kappa shape index (κ1) is 15.7. The summed E-state index contributed by atoms with van der Waals surface area (Å²) in [5.74, 6) is -0.270. The zero-order valence-electron chi connectivity index (χ0n) is 11.9. The van der Waals surface area contributed by atoms with Crippen LogP contribution in [-0.2, 0) is 6.54 Å². The van der Waals surface area contributed by atoms with Crippen LogP contribution in [0.2, 0.25) is 5.02 Å². The van der Waals surface area contributed by atoms with E-state index in [4.69, 9.17) is 11.6 Å². The number of halogens is 2. The van der Waals surface area contributed by atoms with E-state index in [1.165, 1.54) is 6.07 Å². The number of aliphatic hydroxyl groups is 1. The third-order valence-corrected chi connectivity index (χ3v) is 4.22. The van der Waals surface area contributed by atoms with Crippen LogP contribution >= 0.6 is 11.6 Å². The summed E-state index contributed by atoms with van der Waals surface area (Å²) >= 11 is 5.78. The molecule has 1 saturated heterocycles. The molecule has 0 atom stereocenters. The smallest absolute Gasteiger partial charge is 0.129 e. The van der Waals surface area contributed by atoms with Gasteiger partial charge in [-0.05, 0) is 45.1 Å². The van der Waals surface area contributed by atoms with Gasteiger partial charge >= 0.3 is 0 Å². The maximum absolute atomic E-state index is 13.9. The molecule has 2 rings (SSSR count). The standard InChI is InChI=1S/C15H22ClFN2O/c1-18-6-4-14(5-7-18)19(8-9-20)11-12-2-3-13(16)10-15(12)17/h2-3,10,14,20H,4-9,11H2,1H3. The number of likely N-dealkylation sites (tertiary alicyclic amines) is 1. The summed E-state index contributed by atoms with van der Waals surface area (Å²) in [5.41, 5.74) is 0.641. The van der Waals surface area contributed by atoms with Gasteiger partial charge in [0, 0.05) is 29.7 Å². The lowest BCUT2D eigenvalue weighted by Crippen LogP contribution is -2.44. The van der Waals surface area contributed by atoms with Crippen LogP contribution in [0, 0.1) is 5.82 Å². The van der Waals surface area contributed by atoms with Crippen molar-refractivity contribution >= 4 is 11.6 Å². The second kappa shape index (κ2) is 7.36. The van der Waals surface area contributed by atoms with Crippen molar-refractivity contribution in [3.63, 3.8) is 0 Å². The predicted molar refractivity (Wildman–Crippen MR) is 79.4 cm³/mol. The fourth-order valence-electron chi connectivity index (χ4n) is 2.75. The fourth-order valence-corrected chi connectivity index (χ4v) is 2.91. The van der Waals surface area contributed by atoms with Gasteiger partial charge in [0.2, 0.25) is 0 Å². The Hall–Kier alpha value is -0.680. The van der Waals surface area contributed by atoms with Gasteiger partial charge in [-0.2, -0.15) is 0 Å². The van der Waals surface area contributed by atoms with Gasteiger partial charge in [-0.15, -0.1) is 0 Å². The molecule has 1 N–H and O–H groups in total. The van der Waals surface area contributed by atoms with Gasteiger partial charge in [0.1, 0.15) is 5.82 Å². The second-order valence-electron chi connectivity index (χ2n) is 5.46. The van der Waals surface area contributed by atoms with Crippen molar-refractivity contribution in [3.8, 4) is 0 Å². The third-order valence-electron chi connectivity index (χ3n) is 3.98. The number of hydrogen-bond acceptors (Lipinski definition) is 3. The highest BCUT2D eigenvalue weighted by Crippen LogP contribution is 2.21. The molecule has 0 saturated carbocycles. The first-order valence-electron chi connectivity index (χ1n) is 7.07. The molecule has 1 heterocycles. The monoisotopic (exact) mass is 300 g/mol. The SMILES string of the molecule is CN1CCC(N(CCO)Cc2ccc(Cl)cc2F)CC1. The Morgan fingerprint density at radius 2 is 2.10 bits per heavy atom. The molecule has 0 bridgehead atoms. The van der Waals surface area contributed by atoms with E-state index in [0.717, 1.165) is 25.9 Å². The molecule has 3 nitrogen and oxygen atoms in total.